The molecule has 86 valence electrons. The molecule has 1 rings (SSSR count). The summed E-state index contributed by atoms with van der Waals surface area (Å²) in [5, 5.41) is 9.00. The minimum absolute atomic E-state index is 0.00235. The Labute approximate surface area is 89.0 Å². The number of unbranched alkanes of at least 4 members (excludes halogenated alkanes) is 1. The van der Waals surface area contributed by atoms with Gasteiger partial charge in [-0.2, -0.15) is 0 Å². The lowest BCUT2D eigenvalue weighted by molar-refractivity contribution is -0.190. The van der Waals surface area contributed by atoms with E-state index in [1.807, 2.05) is 6.92 Å². The van der Waals surface area contributed by atoms with Crippen molar-refractivity contribution in [3.8, 4) is 0 Å². The molecule has 1 aliphatic heterocycles. The van der Waals surface area contributed by atoms with Crippen molar-refractivity contribution in [2.24, 2.45) is 5.41 Å². The van der Waals surface area contributed by atoms with E-state index in [2.05, 4.69) is 0 Å². The van der Waals surface area contributed by atoms with E-state index in [4.69, 9.17) is 9.84 Å². The summed E-state index contributed by atoms with van der Waals surface area (Å²) in [6.45, 7) is 2.62. The summed E-state index contributed by atoms with van der Waals surface area (Å²) in [5.74, 6) is -1.42. The normalized spacial score (nSPS) is 18.0. The van der Waals surface area contributed by atoms with Crippen LogP contribution in [-0.4, -0.2) is 48.7 Å². The van der Waals surface area contributed by atoms with Crippen molar-refractivity contribution >= 4 is 11.9 Å². The number of ether oxygens (including phenoxy) is 1. The van der Waals surface area contributed by atoms with Crippen molar-refractivity contribution in [2.75, 3.05) is 26.8 Å². The minimum atomic E-state index is -1.32. The largest absolute Gasteiger partial charge is 0.480 e. The van der Waals surface area contributed by atoms with Crippen LogP contribution in [0, 0.1) is 5.41 Å². The molecular weight excluding hydrogens is 198 g/mol. The number of hydrogen-bond donors (Lipinski definition) is 1. The number of carbonyl (C=O) groups is 2. The molecule has 1 heterocycles. The van der Waals surface area contributed by atoms with Gasteiger partial charge in [-0.25, -0.2) is 0 Å². The Bertz CT molecular complexity index is 260. The summed E-state index contributed by atoms with van der Waals surface area (Å²) < 4.78 is 4.85. The third-order valence-electron chi connectivity index (χ3n) is 2.71. The first-order chi connectivity index (χ1) is 7.04. The zero-order chi connectivity index (χ0) is 11.5. The fraction of sp³-hybridized carbons (Fsp3) is 0.800. The topological polar surface area (TPSA) is 66.8 Å². The number of aliphatic carboxylic acids is 1. The van der Waals surface area contributed by atoms with Crippen LogP contribution in [0.2, 0.25) is 0 Å². The molecule has 0 aromatic rings. The van der Waals surface area contributed by atoms with Gasteiger partial charge in [-0.1, -0.05) is 13.3 Å². The highest BCUT2D eigenvalue weighted by atomic mass is 16.5. The molecular formula is C10H17NO4. The summed E-state index contributed by atoms with van der Waals surface area (Å²) >= 11 is 0. The number of hydrogen-bond acceptors (Lipinski definition) is 3. The molecule has 0 bridgehead atoms. The van der Waals surface area contributed by atoms with Crippen LogP contribution in [0.1, 0.15) is 19.8 Å². The lowest BCUT2D eigenvalue weighted by Crippen LogP contribution is -2.59. The van der Waals surface area contributed by atoms with Gasteiger partial charge in [-0.3, -0.25) is 9.59 Å². The Balaban J connectivity index is 2.61. The predicted molar refractivity (Wildman–Crippen MR) is 53.4 cm³/mol. The highest BCUT2D eigenvalue weighted by molar-refractivity contribution is 6.03. The van der Waals surface area contributed by atoms with E-state index in [0.717, 1.165) is 12.8 Å². The summed E-state index contributed by atoms with van der Waals surface area (Å²) in [6.07, 6.45) is 1.87. The monoisotopic (exact) mass is 215 g/mol. The Hall–Kier alpha value is -1.10. The van der Waals surface area contributed by atoms with Crippen molar-refractivity contribution in [1.29, 1.82) is 0 Å². The third-order valence-corrected chi connectivity index (χ3v) is 2.71. The van der Waals surface area contributed by atoms with Gasteiger partial charge in [0.15, 0.2) is 5.41 Å². The highest BCUT2D eigenvalue weighted by Crippen LogP contribution is 2.30. The standard InChI is InChI=1S/C10H17NO4/c1-3-4-5-11(2)8(12)10(9(13)14)6-15-7-10/h3-7H2,1-2H3,(H,13,14). The average molecular weight is 215 g/mol. The second kappa shape index (κ2) is 4.61. The molecule has 15 heavy (non-hydrogen) atoms. The van der Waals surface area contributed by atoms with Crippen molar-refractivity contribution in [3.05, 3.63) is 0 Å². The van der Waals surface area contributed by atoms with E-state index in [1.54, 1.807) is 7.05 Å². The summed E-state index contributed by atoms with van der Waals surface area (Å²) in [4.78, 5) is 24.3. The van der Waals surface area contributed by atoms with Crippen LogP contribution in [0.4, 0.5) is 0 Å². The first-order valence-electron chi connectivity index (χ1n) is 5.11. The van der Waals surface area contributed by atoms with E-state index in [1.165, 1.54) is 4.90 Å². The molecule has 0 atom stereocenters. The Morgan fingerprint density at radius 2 is 2.07 bits per heavy atom. The van der Waals surface area contributed by atoms with E-state index in [0.29, 0.717) is 6.54 Å². The summed E-state index contributed by atoms with van der Waals surface area (Å²) in [5.41, 5.74) is -1.32. The van der Waals surface area contributed by atoms with Crippen molar-refractivity contribution in [2.45, 2.75) is 19.8 Å². The molecule has 5 nitrogen and oxygen atoms in total. The number of rotatable bonds is 5. The van der Waals surface area contributed by atoms with Crippen molar-refractivity contribution in [1.82, 2.24) is 4.90 Å². The van der Waals surface area contributed by atoms with Crippen LogP contribution in [-0.2, 0) is 14.3 Å². The summed E-state index contributed by atoms with van der Waals surface area (Å²) in [7, 11) is 1.64. The quantitative estimate of drug-likeness (QED) is 0.672. The number of amides is 1. The average Bonchev–Trinajstić information content (AvgIpc) is 2.11. The number of carboxylic acid groups (broad SMARTS) is 1. The minimum Gasteiger partial charge on any atom is -0.480 e. The highest BCUT2D eigenvalue weighted by Gasteiger charge is 2.54. The zero-order valence-corrected chi connectivity index (χ0v) is 9.15. The molecule has 0 spiro atoms. The first kappa shape index (κ1) is 12.0. The van der Waals surface area contributed by atoms with Gasteiger partial charge in [0.25, 0.3) is 0 Å². The molecule has 0 aliphatic carbocycles. The molecule has 1 N–H and O–H groups in total. The molecule has 0 aromatic carbocycles. The summed E-state index contributed by atoms with van der Waals surface area (Å²) in [6, 6.07) is 0. The maximum Gasteiger partial charge on any atom is 0.324 e. The van der Waals surface area contributed by atoms with Crippen LogP contribution in [0.15, 0.2) is 0 Å². The second-order valence-electron chi connectivity index (χ2n) is 3.96. The van der Waals surface area contributed by atoms with Crippen LogP contribution >= 0.6 is 0 Å². The van der Waals surface area contributed by atoms with Crippen LogP contribution < -0.4 is 0 Å². The van der Waals surface area contributed by atoms with Crippen molar-refractivity contribution in [3.63, 3.8) is 0 Å². The van der Waals surface area contributed by atoms with Gasteiger partial charge < -0.3 is 14.7 Å². The number of carboxylic acids is 1. The van der Waals surface area contributed by atoms with E-state index >= 15 is 0 Å². The van der Waals surface area contributed by atoms with E-state index in [-0.39, 0.29) is 19.1 Å². The maximum atomic E-state index is 11.9. The maximum absolute atomic E-state index is 11.9. The number of carbonyl (C=O) groups excluding carboxylic acids is 1. The second-order valence-corrected chi connectivity index (χ2v) is 3.96. The molecule has 1 amide bonds. The molecule has 1 saturated heterocycles. The molecule has 0 saturated carbocycles. The Kier molecular flexibility index (Phi) is 3.68. The van der Waals surface area contributed by atoms with Gasteiger partial charge in [0.05, 0.1) is 13.2 Å². The van der Waals surface area contributed by atoms with Crippen molar-refractivity contribution < 1.29 is 19.4 Å². The first-order valence-corrected chi connectivity index (χ1v) is 5.11. The molecule has 5 heteroatoms. The fourth-order valence-electron chi connectivity index (χ4n) is 1.51. The van der Waals surface area contributed by atoms with E-state index in [9.17, 15) is 9.59 Å². The van der Waals surface area contributed by atoms with Crippen LogP contribution in [0.25, 0.3) is 0 Å². The van der Waals surface area contributed by atoms with Crippen LogP contribution in [0.5, 0.6) is 0 Å². The fourth-order valence-corrected chi connectivity index (χ4v) is 1.51. The zero-order valence-electron chi connectivity index (χ0n) is 9.15. The van der Waals surface area contributed by atoms with Crippen LogP contribution in [0.3, 0.4) is 0 Å². The Morgan fingerprint density at radius 1 is 1.47 bits per heavy atom. The van der Waals surface area contributed by atoms with Gasteiger partial charge in [-0.05, 0) is 6.42 Å². The molecule has 0 radical (unpaired) electrons. The third kappa shape index (κ3) is 2.12. The number of nitrogens with zero attached hydrogens (tertiary/aromatic N) is 1. The smallest absolute Gasteiger partial charge is 0.324 e. The van der Waals surface area contributed by atoms with Gasteiger partial charge >= 0.3 is 5.97 Å². The SMILES string of the molecule is CCCCN(C)C(=O)C1(C(=O)O)COC1. The van der Waals surface area contributed by atoms with Gasteiger partial charge in [0.1, 0.15) is 0 Å². The molecule has 1 fully saturated rings. The van der Waals surface area contributed by atoms with E-state index < -0.39 is 11.4 Å². The lowest BCUT2D eigenvalue weighted by atomic mass is 9.84. The predicted octanol–water partition coefficient (Wildman–Crippen LogP) is 0.346. The Morgan fingerprint density at radius 3 is 2.40 bits per heavy atom. The van der Waals surface area contributed by atoms with Gasteiger partial charge in [-0.15, -0.1) is 0 Å². The molecule has 0 unspecified atom stereocenters. The lowest BCUT2D eigenvalue weighted by Gasteiger charge is -2.38. The van der Waals surface area contributed by atoms with Gasteiger partial charge in [0, 0.05) is 13.6 Å². The molecule has 1 aliphatic rings. The van der Waals surface area contributed by atoms with Gasteiger partial charge in [0.2, 0.25) is 5.91 Å². The molecule has 0 aromatic heterocycles.